The van der Waals surface area contributed by atoms with Crippen LogP contribution >= 0.6 is 0 Å². The maximum Gasteiger partial charge on any atom is 0.220 e. The molecule has 3 N–H and O–H groups in total. The van der Waals surface area contributed by atoms with E-state index in [2.05, 4.69) is 41.2 Å². The topological polar surface area (TPSA) is 71.2 Å². The predicted octanol–water partition coefficient (Wildman–Crippen LogP) is 1.84. The highest BCUT2D eigenvalue weighted by atomic mass is 16.1. The van der Waals surface area contributed by atoms with Crippen molar-refractivity contribution in [1.29, 1.82) is 0 Å². The van der Waals surface area contributed by atoms with Crippen LogP contribution in [0.4, 0.5) is 5.82 Å². The lowest BCUT2D eigenvalue weighted by molar-refractivity contribution is -0.122. The summed E-state index contributed by atoms with van der Waals surface area (Å²) in [6.07, 6.45) is 4.65. The lowest BCUT2D eigenvalue weighted by atomic mass is 9.96. The van der Waals surface area contributed by atoms with Gasteiger partial charge >= 0.3 is 0 Å². The third kappa shape index (κ3) is 4.17. The fraction of sp³-hybridized carbons (Fsp3) is 0.625. The molecule has 2 rings (SSSR count). The molecule has 2 heterocycles. The second kappa shape index (κ2) is 7.41. The van der Waals surface area contributed by atoms with Gasteiger partial charge in [0, 0.05) is 31.2 Å². The summed E-state index contributed by atoms with van der Waals surface area (Å²) in [4.78, 5) is 17.9. The lowest BCUT2D eigenvalue weighted by Crippen LogP contribution is -2.39. The molecular weight excluding hydrogens is 264 g/mol. The number of amides is 1. The Morgan fingerprint density at radius 3 is 2.86 bits per heavy atom. The quantitative estimate of drug-likeness (QED) is 0.838. The molecule has 1 aliphatic heterocycles. The molecule has 1 aliphatic rings. The predicted molar refractivity (Wildman–Crippen MR) is 85.1 cm³/mol. The second-order valence-corrected chi connectivity index (χ2v) is 5.79. The number of nitrogens with zero attached hydrogens (tertiary/aromatic N) is 2. The molecule has 0 aliphatic carbocycles. The van der Waals surface area contributed by atoms with Gasteiger partial charge < -0.3 is 16.0 Å². The van der Waals surface area contributed by atoms with E-state index in [0.29, 0.717) is 6.04 Å². The van der Waals surface area contributed by atoms with Gasteiger partial charge in [0.25, 0.3) is 0 Å². The molecule has 116 valence electrons. The molecule has 5 heteroatoms. The Labute approximate surface area is 126 Å². The summed E-state index contributed by atoms with van der Waals surface area (Å²) in [7, 11) is 0. The molecule has 1 unspecified atom stereocenters. The fourth-order valence-electron chi connectivity index (χ4n) is 2.75. The van der Waals surface area contributed by atoms with Crippen LogP contribution in [0.25, 0.3) is 0 Å². The number of carbonyl (C=O) groups is 1. The summed E-state index contributed by atoms with van der Waals surface area (Å²) in [5.74, 6) is 0.851. The van der Waals surface area contributed by atoms with Gasteiger partial charge in [0.1, 0.15) is 5.82 Å². The molecule has 1 amide bonds. The highest BCUT2D eigenvalue weighted by Gasteiger charge is 2.24. The van der Waals surface area contributed by atoms with Crippen LogP contribution < -0.4 is 16.0 Å². The number of pyridine rings is 1. The van der Waals surface area contributed by atoms with Crippen molar-refractivity contribution in [3.05, 3.63) is 23.9 Å². The van der Waals surface area contributed by atoms with Crippen LogP contribution in [0.3, 0.4) is 0 Å². The van der Waals surface area contributed by atoms with Gasteiger partial charge in [-0.15, -0.1) is 0 Å². The van der Waals surface area contributed by atoms with Gasteiger partial charge in [-0.2, -0.15) is 0 Å². The first-order valence-electron chi connectivity index (χ1n) is 7.85. The third-order valence-corrected chi connectivity index (χ3v) is 4.19. The number of piperidine rings is 1. The molecule has 0 saturated carbocycles. The molecule has 0 spiro atoms. The van der Waals surface area contributed by atoms with Crippen LogP contribution in [-0.2, 0) is 4.79 Å². The first-order valence-corrected chi connectivity index (χ1v) is 7.85. The number of hydrogen-bond donors (Lipinski definition) is 2. The molecule has 5 nitrogen and oxygen atoms in total. The number of carbonyl (C=O) groups excluding carboxylic acids is 1. The zero-order valence-electron chi connectivity index (χ0n) is 13.0. The molecule has 0 aromatic carbocycles. The van der Waals surface area contributed by atoms with Crippen molar-refractivity contribution in [3.63, 3.8) is 0 Å². The number of nitrogens with one attached hydrogen (secondary N) is 1. The van der Waals surface area contributed by atoms with E-state index >= 15 is 0 Å². The van der Waals surface area contributed by atoms with E-state index in [4.69, 9.17) is 5.73 Å². The van der Waals surface area contributed by atoms with E-state index in [9.17, 15) is 4.79 Å². The molecule has 1 saturated heterocycles. The first-order chi connectivity index (χ1) is 10.1. The van der Waals surface area contributed by atoms with Crippen molar-refractivity contribution in [2.75, 3.05) is 24.5 Å². The zero-order valence-corrected chi connectivity index (χ0v) is 13.0. The number of nitrogens with two attached hydrogens (primary N) is 1. The standard InChI is InChI=1S/C16H26N4O/c1-3-7-18-12(2)14-4-8-19-15(11-14)20-9-5-13(6-10-20)16(17)21/h4,8,11-13,18H,3,5-7,9-10H2,1-2H3,(H2,17,21). The maximum absolute atomic E-state index is 11.2. The van der Waals surface area contributed by atoms with Gasteiger partial charge in [-0.1, -0.05) is 6.92 Å². The van der Waals surface area contributed by atoms with Gasteiger partial charge in [0.2, 0.25) is 5.91 Å². The fourth-order valence-corrected chi connectivity index (χ4v) is 2.75. The minimum atomic E-state index is -0.172. The molecule has 1 aromatic heterocycles. The zero-order chi connectivity index (χ0) is 15.2. The summed E-state index contributed by atoms with van der Waals surface area (Å²) in [6.45, 7) is 7.05. The third-order valence-electron chi connectivity index (χ3n) is 4.19. The Balaban J connectivity index is 1.99. The average Bonchev–Trinajstić information content (AvgIpc) is 2.52. The Morgan fingerprint density at radius 1 is 1.52 bits per heavy atom. The first kappa shape index (κ1) is 15.8. The number of hydrogen-bond acceptors (Lipinski definition) is 4. The van der Waals surface area contributed by atoms with Crippen molar-refractivity contribution in [1.82, 2.24) is 10.3 Å². The number of aromatic nitrogens is 1. The molecule has 0 bridgehead atoms. The van der Waals surface area contributed by atoms with Crippen LogP contribution in [0.15, 0.2) is 18.3 Å². The highest BCUT2D eigenvalue weighted by Crippen LogP contribution is 2.23. The van der Waals surface area contributed by atoms with Gasteiger partial charge in [-0.3, -0.25) is 4.79 Å². The molecule has 0 radical (unpaired) electrons. The molecule has 21 heavy (non-hydrogen) atoms. The van der Waals surface area contributed by atoms with Crippen molar-refractivity contribution < 1.29 is 4.79 Å². The van der Waals surface area contributed by atoms with Gasteiger partial charge in [-0.25, -0.2) is 4.98 Å². The van der Waals surface area contributed by atoms with E-state index in [0.717, 1.165) is 44.7 Å². The average molecular weight is 290 g/mol. The van der Waals surface area contributed by atoms with Crippen LogP contribution in [0, 0.1) is 5.92 Å². The van der Waals surface area contributed by atoms with E-state index < -0.39 is 0 Å². The summed E-state index contributed by atoms with van der Waals surface area (Å²) < 4.78 is 0. The van der Waals surface area contributed by atoms with Gasteiger partial charge in [0.05, 0.1) is 0 Å². The van der Waals surface area contributed by atoms with Crippen molar-refractivity contribution in [2.45, 2.75) is 39.2 Å². The van der Waals surface area contributed by atoms with Crippen LogP contribution in [0.5, 0.6) is 0 Å². The minimum Gasteiger partial charge on any atom is -0.369 e. The van der Waals surface area contributed by atoms with Crippen molar-refractivity contribution in [3.8, 4) is 0 Å². The van der Waals surface area contributed by atoms with E-state index in [1.165, 1.54) is 5.56 Å². The largest absolute Gasteiger partial charge is 0.369 e. The summed E-state index contributed by atoms with van der Waals surface area (Å²) in [5, 5.41) is 3.49. The highest BCUT2D eigenvalue weighted by molar-refractivity contribution is 5.76. The molecule has 1 fully saturated rings. The monoisotopic (exact) mass is 290 g/mol. The molecule has 1 atom stereocenters. The normalized spacial score (nSPS) is 17.7. The SMILES string of the molecule is CCCNC(C)c1ccnc(N2CCC(C(N)=O)CC2)c1. The Morgan fingerprint density at radius 2 is 2.24 bits per heavy atom. The Kier molecular flexibility index (Phi) is 5.56. The minimum absolute atomic E-state index is 0.0228. The van der Waals surface area contributed by atoms with E-state index in [-0.39, 0.29) is 11.8 Å². The second-order valence-electron chi connectivity index (χ2n) is 5.79. The van der Waals surface area contributed by atoms with E-state index in [1.54, 1.807) is 0 Å². The van der Waals surface area contributed by atoms with Crippen LogP contribution in [-0.4, -0.2) is 30.5 Å². The molecular formula is C16H26N4O. The number of rotatable bonds is 6. The van der Waals surface area contributed by atoms with Crippen molar-refractivity contribution >= 4 is 11.7 Å². The van der Waals surface area contributed by atoms with E-state index in [1.807, 2.05) is 6.20 Å². The number of primary amides is 1. The Hall–Kier alpha value is -1.62. The van der Waals surface area contributed by atoms with Gasteiger partial charge in [-0.05, 0) is 50.4 Å². The van der Waals surface area contributed by atoms with Crippen molar-refractivity contribution in [2.24, 2.45) is 11.7 Å². The smallest absolute Gasteiger partial charge is 0.220 e. The molecule has 1 aromatic rings. The number of anilines is 1. The van der Waals surface area contributed by atoms with Gasteiger partial charge in [0.15, 0.2) is 0 Å². The summed E-state index contributed by atoms with van der Waals surface area (Å²) >= 11 is 0. The van der Waals surface area contributed by atoms with Crippen LogP contribution in [0.2, 0.25) is 0 Å². The van der Waals surface area contributed by atoms with Crippen LogP contribution in [0.1, 0.15) is 44.7 Å². The maximum atomic E-state index is 11.2. The summed E-state index contributed by atoms with van der Waals surface area (Å²) in [6, 6.07) is 4.54. The Bertz CT molecular complexity index is 469. The summed E-state index contributed by atoms with van der Waals surface area (Å²) in [5.41, 5.74) is 6.64. The lowest BCUT2D eigenvalue weighted by Gasteiger charge is -2.31.